The topological polar surface area (TPSA) is 66.1 Å². The van der Waals surface area contributed by atoms with E-state index in [1.54, 1.807) is 23.3 Å². The Balaban J connectivity index is 2.15. The van der Waals surface area contributed by atoms with Gasteiger partial charge in [-0.05, 0) is 38.0 Å². The predicted molar refractivity (Wildman–Crippen MR) is 96.3 cm³/mol. The summed E-state index contributed by atoms with van der Waals surface area (Å²) < 4.78 is 2.37. The Hall–Kier alpha value is -2.17. The Labute approximate surface area is 147 Å². The first-order chi connectivity index (χ1) is 11.5. The molecule has 0 aromatic carbocycles. The molecule has 2 aromatic rings. The Morgan fingerprint density at radius 1 is 1.29 bits per heavy atom. The Kier molecular flexibility index (Phi) is 4.69. The maximum Gasteiger partial charge on any atom is 0.268 e. The van der Waals surface area contributed by atoms with Crippen molar-refractivity contribution < 1.29 is 4.79 Å². The Morgan fingerprint density at radius 3 is 2.58 bits per heavy atom. The van der Waals surface area contributed by atoms with Crippen LogP contribution in [0.3, 0.4) is 0 Å². The van der Waals surface area contributed by atoms with Crippen LogP contribution < -0.4 is 14.8 Å². The van der Waals surface area contributed by atoms with Gasteiger partial charge in [0.25, 0.3) is 11.5 Å². The third-order valence-corrected chi connectivity index (χ3v) is 6.13. The number of likely N-dealkylation sites (tertiary alicyclic amines) is 1. The molecule has 7 heteroatoms. The van der Waals surface area contributed by atoms with E-state index in [9.17, 15) is 14.9 Å². The van der Waals surface area contributed by atoms with Crippen LogP contribution in [-0.2, 0) is 11.8 Å². The number of thiophene rings is 1. The number of aromatic nitrogens is 1. The summed E-state index contributed by atoms with van der Waals surface area (Å²) in [5.41, 5.74) is -0.119. The van der Waals surface area contributed by atoms with Crippen LogP contribution in [-0.4, -0.2) is 28.5 Å². The van der Waals surface area contributed by atoms with Crippen molar-refractivity contribution in [3.05, 3.63) is 41.4 Å². The first kappa shape index (κ1) is 16.7. The molecule has 0 N–H and O–H groups in total. The van der Waals surface area contributed by atoms with Gasteiger partial charge in [-0.15, -0.1) is 22.7 Å². The van der Waals surface area contributed by atoms with E-state index in [-0.39, 0.29) is 17.0 Å². The number of hydrogen-bond acceptors (Lipinski definition) is 5. The molecule has 3 heterocycles. The zero-order chi connectivity index (χ0) is 17.3. The van der Waals surface area contributed by atoms with Crippen molar-refractivity contribution in [3.8, 4) is 6.07 Å². The number of hydrogen-bond donors (Lipinski definition) is 0. The molecule has 0 atom stereocenters. The molecular weight excluding hydrogens is 342 g/mol. The van der Waals surface area contributed by atoms with Gasteiger partial charge >= 0.3 is 0 Å². The third-order valence-electron chi connectivity index (χ3n) is 3.99. The van der Waals surface area contributed by atoms with Crippen LogP contribution in [0.5, 0.6) is 0 Å². The lowest BCUT2D eigenvalue weighted by Gasteiger charge is -2.13. The van der Waals surface area contributed by atoms with Crippen LogP contribution in [0.4, 0.5) is 0 Å². The van der Waals surface area contributed by atoms with Crippen LogP contribution in [0.2, 0.25) is 0 Å². The van der Waals surface area contributed by atoms with Gasteiger partial charge in [-0.3, -0.25) is 9.59 Å². The van der Waals surface area contributed by atoms with Crippen molar-refractivity contribution in [3.63, 3.8) is 0 Å². The summed E-state index contributed by atoms with van der Waals surface area (Å²) in [5.74, 6) is -0.273. The maximum absolute atomic E-state index is 12.6. The summed E-state index contributed by atoms with van der Waals surface area (Å²) in [5, 5.41) is 9.48. The van der Waals surface area contributed by atoms with Crippen LogP contribution >= 0.6 is 22.7 Å². The summed E-state index contributed by atoms with van der Waals surface area (Å²) in [7, 11) is 1.61. The van der Waals surface area contributed by atoms with Crippen LogP contribution in [0.1, 0.15) is 22.6 Å². The molecule has 0 spiro atoms. The highest BCUT2D eigenvalue weighted by molar-refractivity contribution is 7.13. The van der Waals surface area contributed by atoms with Crippen LogP contribution in [0.15, 0.2) is 16.9 Å². The zero-order valence-electron chi connectivity index (χ0n) is 13.5. The number of rotatable bonds is 2. The second-order valence-corrected chi connectivity index (χ2v) is 8.06. The fourth-order valence-electron chi connectivity index (χ4n) is 2.71. The largest absolute Gasteiger partial charge is 0.338 e. The minimum Gasteiger partial charge on any atom is -0.338 e. The van der Waals surface area contributed by atoms with Gasteiger partial charge in [-0.2, -0.15) is 5.26 Å². The molecule has 5 nitrogen and oxygen atoms in total. The zero-order valence-corrected chi connectivity index (χ0v) is 15.2. The number of carbonyl (C=O) groups is 1. The third kappa shape index (κ3) is 3.07. The number of aryl methyl sites for hydroxylation is 1. The summed E-state index contributed by atoms with van der Waals surface area (Å²) in [6.45, 7) is 3.36. The maximum atomic E-state index is 12.6. The van der Waals surface area contributed by atoms with Crippen LogP contribution in [0.25, 0.3) is 11.6 Å². The van der Waals surface area contributed by atoms with Gasteiger partial charge in [0.1, 0.15) is 10.7 Å². The SMILES string of the molecule is Cc1ccc(/C=c2/s/c(=C(/C#N)C(=O)N3CCCC3)n(C)c2=O)s1. The highest BCUT2D eigenvalue weighted by atomic mass is 32.1. The van der Waals surface area contributed by atoms with Gasteiger partial charge in [-0.25, -0.2) is 0 Å². The van der Waals surface area contributed by atoms with E-state index in [0.717, 1.165) is 17.7 Å². The molecule has 1 amide bonds. The smallest absolute Gasteiger partial charge is 0.268 e. The second-order valence-electron chi connectivity index (χ2n) is 5.71. The lowest BCUT2D eigenvalue weighted by molar-refractivity contribution is -0.123. The molecule has 1 saturated heterocycles. The normalized spacial score (nSPS) is 16.4. The number of thiazole rings is 1. The van der Waals surface area contributed by atoms with Gasteiger partial charge in [-0.1, -0.05) is 0 Å². The standard InChI is InChI=1S/C17H17N3O2S2/c1-11-5-6-12(23-11)9-14-16(22)19(2)17(24-14)13(10-18)15(21)20-7-3-4-8-20/h5-6,9H,3-4,7-8H2,1-2H3/b14-9+,17-13-. The lowest BCUT2D eigenvalue weighted by atomic mass is 10.3. The number of nitrogens with zero attached hydrogens (tertiary/aromatic N) is 3. The molecule has 0 unspecified atom stereocenters. The van der Waals surface area contributed by atoms with E-state index in [0.29, 0.717) is 22.3 Å². The molecule has 2 aromatic heterocycles. The summed E-state index contributed by atoms with van der Waals surface area (Å²) in [6, 6.07) is 5.97. The molecule has 1 fully saturated rings. The van der Waals surface area contributed by atoms with Crippen molar-refractivity contribution in [1.82, 2.24) is 9.47 Å². The fraction of sp³-hybridized carbons (Fsp3) is 0.353. The van der Waals surface area contributed by atoms with Crippen molar-refractivity contribution in [1.29, 1.82) is 5.26 Å². The number of nitriles is 1. The van der Waals surface area contributed by atoms with Crippen molar-refractivity contribution >= 4 is 40.2 Å². The molecule has 124 valence electrons. The molecule has 24 heavy (non-hydrogen) atoms. The van der Waals surface area contributed by atoms with E-state index in [1.165, 1.54) is 20.8 Å². The summed E-state index contributed by atoms with van der Waals surface area (Å²) in [4.78, 5) is 28.9. The van der Waals surface area contributed by atoms with E-state index in [1.807, 2.05) is 31.2 Å². The van der Waals surface area contributed by atoms with Gasteiger partial charge in [0.15, 0.2) is 5.57 Å². The average molecular weight is 359 g/mol. The molecule has 0 bridgehead atoms. The molecule has 0 aliphatic carbocycles. The number of amides is 1. The quantitative estimate of drug-likeness (QED) is 0.802. The molecule has 3 rings (SSSR count). The van der Waals surface area contributed by atoms with E-state index < -0.39 is 0 Å². The average Bonchev–Trinajstić information content (AvgIpc) is 3.28. The van der Waals surface area contributed by atoms with Gasteiger partial charge in [0.2, 0.25) is 0 Å². The highest BCUT2D eigenvalue weighted by Gasteiger charge is 2.23. The minimum atomic E-state index is -0.273. The summed E-state index contributed by atoms with van der Waals surface area (Å²) in [6.07, 6.45) is 3.75. The van der Waals surface area contributed by atoms with Gasteiger partial charge in [0, 0.05) is 29.9 Å². The fourth-order valence-corrected chi connectivity index (χ4v) is 4.68. The predicted octanol–water partition coefficient (Wildman–Crippen LogP) is 0.942. The highest BCUT2D eigenvalue weighted by Crippen LogP contribution is 2.15. The van der Waals surface area contributed by atoms with Crippen LogP contribution in [0, 0.1) is 18.3 Å². The lowest BCUT2D eigenvalue weighted by Crippen LogP contribution is -2.34. The van der Waals surface area contributed by atoms with E-state index >= 15 is 0 Å². The Bertz CT molecular complexity index is 998. The van der Waals surface area contributed by atoms with E-state index in [2.05, 4.69) is 0 Å². The first-order valence-electron chi connectivity index (χ1n) is 7.69. The monoisotopic (exact) mass is 359 g/mol. The Morgan fingerprint density at radius 2 is 2.00 bits per heavy atom. The van der Waals surface area contributed by atoms with Gasteiger partial charge in [0.05, 0.1) is 4.53 Å². The van der Waals surface area contributed by atoms with E-state index in [4.69, 9.17) is 0 Å². The molecule has 0 radical (unpaired) electrons. The molecule has 1 aliphatic rings. The molecular formula is C17H17N3O2S2. The number of carbonyl (C=O) groups excluding carboxylic acids is 1. The van der Waals surface area contributed by atoms with Crippen molar-refractivity contribution in [2.75, 3.05) is 13.1 Å². The molecule has 1 aliphatic heterocycles. The molecule has 0 saturated carbocycles. The summed E-state index contributed by atoms with van der Waals surface area (Å²) >= 11 is 2.81. The first-order valence-corrected chi connectivity index (χ1v) is 9.32. The van der Waals surface area contributed by atoms with Crippen molar-refractivity contribution in [2.24, 2.45) is 7.05 Å². The second kappa shape index (κ2) is 6.75. The van der Waals surface area contributed by atoms with Gasteiger partial charge < -0.3 is 9.47 Å². The van der Waals surface area contributed by atoms with Crippen molar-refractivity contribution in [2.45, 2.75) is 19.8 Å². The minimum absolute atomic E-state index is 0.0588.